The number of rotatable bonds is 7. The molecule has 0 amide bonds. The standard InChI is InChI=1S/C60H40N2OSi/c1-4-20-42(21-5-1)62-54-34-13-10-29-49(54)51-37-38-56-58(59(51)62)53-31-11-14-35-55(53)61(56)43-22-17-28-47(40-43)64(44-23-6-2-7-24-44,45-25-8-3-9-26-45)46-27-16-19-41(39-46)48-32-18-33-52-50-30-12-15-36-57(50)63-60(48)52/h1-40H. The molecule has 0 saturated heterocycles. The van der Waals surface area contributed by atoms with Crippen molar-refractivity contribution in [1.29, 1.82) is 0 Å². The number of nitrogens with zero attached hydrogens (tertiary/aromatic N) is 2. The number of aromatic nitrogens is 2. The zero-order chi connectivity index (χ0) is 42.2. The number of hydrogen-bond acceptors (Lipinski definition) is 1. The van der Waals surface area contributed by atoms with Gasteiger partial charge in [0.25, 0.3) is 0 Å². The van der Waals surface area contributed by atoms with Crippen LogP contribution in [0.25, 0.3) is 88.1 Å². The molecule has 64 heavy (non-hydrogen) atoms. The number of furan rings is 1. The Morgan fingerprint density at radius 3 is 1.62 bits per heavy atom. The van der Waals surface area contributed by atoms with Gasteiger partial charge in [-0.15, -0.1) is 0 Å². The molecule has 300 valence electrons. The topological polar surface area (TPSA) is 23.0 Å². The lowest BCUT2D eigenvalue weighted by Crippen LogP contribution is -2.74. The van der Waals surface area contributed by atoms with Crippen molar-refractivity contribution in [2.24, 2.45) is 0 Å². The van der Waals surface area contributed by atoms with E-state index in [0.717, 1.165) is 44.4 Å². The van der Waals surface area contributed by atoms with E-state index in [1.165, 1.54) is 64.4 Å². The van der Waals surface area contributed by atoms with E-state index in [-0.39, 0.29) is 0 Å². The fraction of sp³-hybridized carbons (Fsp3) is 0. The largest absolute Gasteiger partial charge is 0.455 e. The highest BCUT2D eigenvalue weighted by Gasteiger charge is 2.42. The van der Waals surface area contributed by atoms with Crippen LogP contribution in [0.2, 0.25) is 0 Å². The molecule has 0 N–H and O–H groups in total. The Morgan fingerprint density at radius 1 is 0.328 bits per heavy atom. The summed E-state index contributed by atoms with van der Waals surface area (Å²) in [5.74, 6) is 0. The molecule has 0 aliphatic heterocycles. The molecule has 0 atom stereocenters. The molecule has 0 unspecified atom stereocenters. The summed E-state index contributed by atoms with van der Waals surface area (Å²) >= 11 is 0. The summed E-state index contributed by atoms with van der Waals surface area (Å²) in [6.07, 6.45) is 0. The average Bonchev–Trinajstić information content (AvgIpc) is 4.03. The Bertz CT molecular complexity index is 3860. The van der Waals surface area contributed by atoms with E-state index in [4.69, 9.17) is 4.42 Å². The second-order valence-electron chi connectivity index (χ2n) is 16.8. The number of fused-ring (bicyclic) bond motifs is 10. The second-order valence-corrected chi connectivity index (χ2v) is 20.6. The van der Waals surface area contributed by atoms with Crippen LogP contribution in [0.3, 0.4) is 0 Å². The molecule has 4 heteroatoms. The van der Waals surface area contributed by atoms with Crippen LogP contribution < -0.4 is 20.7 Å². The maximum absolute atomic E-state index is 6.63. The van der Waals surface area contributed by atoms with Gasteiger partial charge in [-0.1, -0.05) is 194 Å². The maximum atomic E-state index is 6.63. The molecule has 0 radical (unpaired) electrons. The highest BCUT2D eigenvalue weighted by Crippen LogP contribution is 2.42. The first kappa shape index (κ1) is 36.5. The van der Waals surface area contributed by atoms with Crippen molar-refractivity contribution in [3.8, 4) is 22.5 Å². The normalized spacial score (nSPS) is 12.1. The van der Waals surface area contributed by atoms with E-state index in [1.54, 1.807) is 0 Å². The monoisotopic (exact) mass is 832 g/mol. The molecular formula is C60H40N2OSi. The lowest BCUT2D eigenvalue weighted by atomic mass is 10.0. The Balaban J connectivity index is 1.09. The average molecular weight is 833 g/mol. The van der Waals surface area contributed by atoms with Gasteiger partial charge in [0.1, 0.15) is 11.2 Å². The minimum absolute atomic E-state index is 0.905. The molecule has 0 fully saturated rings. The Labute approximate surface area is 371 Å². The zero-order valence-electron chi connectivity index (χ0n) is 34.9. The predicted octanol–water partition coefficient (Wildman–Crippen LogP) is 12.8. The minimum Gasteiger partial charge on any atom is -0.455 e. The van der Waals surface area contributed by atoms with Crippen LogP contribution in [0.1, 0.15) is 0 Å². The van der Waals surface area contributed by atoms with Crippen LogP contribution in [0, 0.1) is 0 Å². The van der Waals surface area contributed by atoms with Crippen molar-refractivity contribution in [3.63, 3.8) is 0 Å². The Kier molecular flexibility index (Phi) is 8.23. The number of benzene rings is 10. The van der Waals surface area contributed by atoms with Crippen molar-refractivity contribution in [1.82, 2.24) is 9.13 Å². The number of para-hydroxylation sites is 5. The molecule has 13 aromatic rings. The van der Waals surface area contributed by atoms with E-state index in [2.05, 4.69) is 246 Å². The summed E-state index contributed by atoms with van der Waals surface area (Å²) < 4.78 is 11.6. The van der Waals surface area contributed by atoms with Gasteiger partial charge in [-0.2, -0.15) is 0 Å². The molecule has 10 aromatic carbocycles. The van der Waals surface area contributed by atoms with Crippen LogP contribution >= 0.6 is 0 Å². The molecule has 3 aromatic heterocycles. The van der Waals surface area contributed by atoms with Crippen molar-refractivity contribution < 1.29 is 4.42 Å². The van der Waals surface area contributed by atoms with Gasteiger partial charge in [-0.3, -0.25) is 0 Å². The van der Waals surface area contributed by atoms with E-state index in [0.29, 0.717) is 0 Å². The van der Waals surface area contributed by atoms with Crippen molar-refractivity contribution in [3.05, 3.63) is 243 Å². The van der Waals surface area contributed by atoms with Gasteiger partial charge in [0, 0.05) is 49.3 Å². The summed E-state index contributed by atoms with van der Waals surface area (Å²) in [5.41, 5.74) is 11.1. The first-order valence-corrected chi connectivity index (χ1v) is 24.0. The van der Waals surface area contributed by atoms with Crippen LogP contribution in [0.5, 0.6) is 0 Å². The lowest BCUT2D eigenvalue weighted by Gasteiger charge is -2.35. The highest BCUT2D eigenvalue weighted by atomic mass is 28.3. The fourth-order valence-electron chi connectivity index (χ4n) is 10.8. The molecule has 3 nitrogen and oxygen atoms in total. The third-order valence-corrected chi connectivity index (χ3v) is 18.2. The van der Waals surface area contributed by atoms with Crippen molar-refractivity contribution >= 4 is 94.4 Å². The quantitative estimate of drug-likeness (QED) is 0.116. The van der Waals surface area contributed by atoms with Gasteiger partial charge in [0.15, 0.2) is 8.07 Å². The van der Waals surface area contributed by atoms with E-state index in [9.17, 15) is 0 Å². The summed E-state index contributed by atoms with van der Waals surface area (Å²) in [6, 6.07) is 89.3. The van der Waals surface area contributed by atoms with Crippen molar-refractivity contribution in [2.75, 3.05) is 0 Å². The van der Waals surface area contributed by atoms with Gasteiger partial charge in [-0.05, 0) is 74.8 Å². The number of hydrogen-bond donors (Lipinski definition) is 0. The summed E-state index contributed by atoms with van der Waals surface area (Å²) in [7, 11) is -3.01. The fourth-order valence-corrected chi connectivity index (χ4v) is 15.6. The smallest absolute Gasteiger partial charge is 0.179 e. The lowest BCUT2D eigenvalue weighted by molar-refractivity contribution is 0.670. The second kappa shape index (κ2) is 14.5. The third-order valence-electron chi connectivity index (χ3n) is 13.4. The summed E-state index contributed by atoms with van der Waals surface area (Å²) in [5, 5.41) is 12.5. The molecule has 0 spiro atoms. The molecular weight excluding hydrogens is 793 g/mol. The van der Waals surface area contributed by atoms with Gasteiger partial charge in [0.05, 0.1) is 22.1 Å². The minimum atomic E-state index is -3.01. The third kappa shape index (κ3) is 5.33. The molecule has 0 bridgehead atoms. The predicted molar refractivity (Wildman–Crippen MR) is 271 cm³/mol. The molecule has 13 rings (SSSR count). The highest BCUT2D eigenvalue weighted by molar-refractivity contribution is 7.20. The first-order chi connectivity index (χ1) is 31.8. The zero-order valence-corrected chi connectivity index (χ0v) is 35.9. The first-order valence-electron chi connectivity index (χ1n) is 22.0. The van der Waals surface area contributed by atoms with Crippen LogP contribution in [-0.2, 0) is 0 Å². The van der Waals surface area contributed by atoms with E-state index < -0.39 is 8.07 Å². The van der Waals surface area contributed by atoms with Crippen molar-refractivity contribution in [2.45, 2.75) is 0 Å². The SMILES string of the molecule is c1ccc(-n2c3ccccc3c3ccc4c(c5ccccc5n4-c4cccc([Si](c5ccccc5)(c5ccccc5)c5cccc(-c6cccc7c6oc6ccccc67)c5)c4)c32)cc1. The van der Waals surface area contributed by atoms with Crippen LogP contribution in [0.4, 0.5) is 0 Å². The Morgan fingerprint density at radius 2 is 0.875 bits per heavy atom. The van der Waals surface area contributed by atoms with Gasteiger partial charge in [0.2, 0.25) is 0 Å². The molecule has 0 saturated carbocycles. The molecule has 3 heterocycles. The maximum Gasteiger partial charge on any atom is 0.179 e. The van der Waals surface area contributed by atoms with Crippen LogP contribution in [0.15, 0.2) is 247 Å². The van der Waals surface area contributed by atoms with Gasteiger partial charge in [-0.25, -0.2) is 0 Å². The summed E-state index contributed by atoms with van der Waals surface area (Å²) in [6.45, 7) is 0. The van der Waals surface area contributed by atoms with E-state index in [1.807, 2.05) is 6.07 Å². The molecule has 0 aliphatic carbocycles. The van der Waals surface area contributed by atoms with Gasteiger partial charge < -0.3 is 13.6 Å². The summed E-state index contributed by atoms with van der Waals surface area (Å²) in [4.78, 5) is 0. The molecule has 0 aliphatic rings. The van der Waals surface area contributed by atoms with E-state index >= 15 is 0 Å². The van der Waals surface area contributed by atoms with Gasteiger partial charge >= 0.3 is 0 Å². The van der Waals surface area contributed by atoms with Crippen LogP contribution in [-0.4, -0.2) is 17.2 Å². The Hall–Kier alpha value is -8.18.